The van der Waals surface area contributed by atoms with Gasteiger partial charge in [-0.1, -0.05) is 0 Å². The van der Waals surface area contributed by atoms with Crippen LogP contribution in [-0.4, -0.2) is 16.1 Å². The Balaban J connectivity index is 0.00000171. The van der Waals surface area contributed by atoms with Crippen LogP contribution in [0.4, 0.5) is 0 Å². The van der Waals surface area contributed by atoms with Crippen molar-refractivity contribution in [3.63, 3.8) is 0 Å². The van der Waals surface area contributed by atoms with Gasteiger partial charge in [0.15, 0.2) is 0 Å². The van der Waals surface area contributed by atoms with Crippen LogP contribution in [-0.2, 0) is 23.2 Å². The van der Waals surface area contributed by atoms with Gasteiger partial charge in [0.25, 0.3) is 0 Å². The van der Waals surface area contributed by atoms with E-state index in [4.69, 9.17) is 0 Å². The first-order valence-electron chi connectivity index (χ1n) is 12.6. The third-order valence-electron chi connectivity index (χ3n) is 8.89. The standard InChI is InChI=1S/2C13H21Si.2ClH.Zr/c2*1-3-8-14(9-5-10-14)13-7-6-12(4-2)11-13;;;/h2*6-7,11H,3-5,8-10H2,1-2H3;2*1H;/q;;;;+2/p-2. The van der Waals surface area contributed by atoms with Crippen molar-refractivity contribution in [1.29, 1.82) is 0 Å². The van der Waals surface area contributed by atoms with Crippen LogP contribution < -0.4 is 24.8 Å². The monoisotopic (exact) mass is 570 g/mol. The van der Waals surface area contributed by atoms with Crippen molar-refractivity contribution in [2.24, 2.45) is 0 Å². The SMILES string of the molecule is CCC[Si]1(C2=C[C](CC)([Zr+2][C]3(CC)C=CC([Si]4(CCC)CCC4)=C3)C=C2)CCC1.[Cl-].[Cl-]. The molecule has 0 radical (unpaired) electrons. The van der Waals surface area contributed by atoms with E-state index in [2.05, 4.69) is 64.2 Å². The van der Waals surface area contributed by atoms with E-state index >= 15 is 0 Å². The Morgan fingerprint density at radius 2 is 1.10 bits per heavy atom. The van der Waals surface area contributed by atoms with E-state index < -0.39 is 39.4 Å². The molecule has 0 spiro atoms. The van der Waals surface area contributed by atoms with Crippen molar-refractivity contribution >= 4 is 16.1 Å². The van der Waals surface area contributed by atoms with Crippen LogP contribution in [0.2, 0.25) is 42.5 Å². The zero-order chi connectivity index (χ0) is 20.6. The van der Waals surface area contributed by atoms with Gasteiger partial charge < -0.3 is 24.8 Å². The minimum absolute atomic E-state index is 0. The first kappa shape index (κ1) is 28.1. The second-order valence-corrected chi connectivity index (χ2v) is 25.0. The quantitative estimate of drug-likeness (QED) is 0.354. The van der Waals surface area contributed by atoms with E-state index in [1.165, 1.54) is 38.5 Å². The Morgan fingerprint density at radius 1 is 0.710 bits per heavy atom. The maximum atomic E-state index is 2.87. The third-order valence-corrected chi connectivity index (χ3v) is 25.7. The molecule has 4 rings (SSSR count). The predicted octanol–water partition coefficient (Wildman–Crippen LogP) is 2.81. The van der Waals surface area contributed by atoms with Gasteiger partial charge in [0.1, 0.15) is 0 Å². The maximum absolute atomic E-state index is 2.87. The summed E-state index contributed by atoms with van der Waals surface area (Å²) in [6, 6.07) is 9.40. The molecule has 0 aromatic carbocycles. The molecule has 0 nitrogen and oxygen atoms in total. The van der Waals surface area contributed by atoms with Crippen LogP contribution in [0.3, 0.4) is 0 Å². The zero-order valence-electron chi connectivity index (χ0n) is 20.2. The number of hydrogen-bond donors (Lipinski definition) is 0. The Labute approximate surface area is 218 Å². The molecule has 2 aliphatic heterocycles. The van der Waals surface area contributed by atoms with Crippen LogP contribution in [0.25, 0.3) is 0 Å². The minimum Gasteiger partial charge on any atom is -1.00 e. The van der Waals surface area contributed by atoms with Crippen molar-refractivity contribution in [3.8, 4) is 0 Å². The van der Waals surface area contributed by atoms with Crippen LogP contribution in [0.1, 0.15) is 66.2 Å². The molecular weight excluding hydrogens is 531 g/mol. The van der Waals surface area contributed by atoms with Gasteiger partial charge in [-0.05, 0) is 0 Å². The van der Waals surface area contributed by atoms with Crippen molar-refractivity contribution in [2.75, 3.05) is 0 Å². The normalized spacial score (nSPS) is 31.5. The molecule has 0 N–H and O–H groups in total. The molecule has 31 heavy (non-hydrogen) atoms. The van der Waals surface area contributed by atoms with Gasteiger partial charge >= 0.3 is 195 Å². The molecule has 2 fully saturated rings. The average Bonchev–Trinajstić information content (AvgIpc) is 3.27. The zero-order valence-corrected chi connectivity index (χ0v) is 26.2. The number of allylic oxidation sites excluding steroid dienone is 8. The first-order valence-corrected chi connectivity index (χ1v) is 20.3. The van der Waals surface area contributed by atoms with Gasteiger partial charge in [-0.3, -0.25) is 0 Å². The summed E-state index contributed by atoms with van der Waals surface area (Å²) in [6.45, 7) is 9.78. The molecule has 2 atom stereocenters. The van der Waals surface area contributed by atoms with E-state index in [1.807, 2.05) is 10.4 Å². The van der Waals surface area contributed by atoms with Gasteiger partial charge in [0, 0.05) is 0 Å². The maximum Gasteiger partial charge on any atom is -1.00 e. The van der Waals surface area contributed by atoms with Gasteiger partial charge in [0.2, 0.25) is 0 Å². The summed E-state index contributed by atoms with van der Waals surface area (Å²) in [5.41, 5.74) is 0. The van der Waals surface area contributed by atoms with E-state index in [9.17, 15) is 0 Å². The molecule has 0 aromatic rings. The molecule has 5 heteroatoms. The van der Waals surface area contributed by atoms with Gasteiger partial charge in [-0.2, -0.15) is 0 Å². The summed E-state index contributed by atoms with van der Waals surface area (Å²) in [5, 5.41) is 3.75. The predicted molar refractivity (Wildman–Crippen MR) is 131 cm³/mol. The molecule has 0 saturated carbocycles. The van der Waals surface area contributed by atoms with E-state index in [0.717, 1.165) is 0 Å². The number of hydrogen-bond acceptors (Lipinski definition) is 0. The summed E-state index contributed by atoms with van der Waals surface area (Å²) in [7, 11) is -2.16. The second kappa shape index (κ2) is 11.1. The molecular formula is C26H42Cl2Si2Zr. The Bertz CT molecular complexity index is 687. The fourth-order valence-electron chi connectivity index (χ4n) is 6.62. The third kappa shape index (κ3) is 5.12. The Hall–Kier alpha value is 0.857. The van der Waals surface area contributed by atoms with Crippen LogP contribution >= 0.6 is 0 Å². The molecule has 2 heterocycles. The summed E-state index contributed by atoms with van der Waals surface area (Å²) >= 11 is -0.667. The largest absolute Gasteiger partial charge is 1.00 e. The molecule has 4 aliphatic rings. The van der Waals surface area contributed by atoms with Gasteiger partial charge in [0.05, 0.1) is 0 Å². The second-order valence-electron chi connectivity index (χ2n) is 10.5. The number of rotatable bonds is 10. The molecule has 0 amide bonds. The number of halogens is 2. The minimum atomic E-state index is -1.08. The molecule has 2 aliphatic carbocycles. The topological polar surface area (TPSA) is 0 Å². The van der Waals surface area contributed by atoms with Crippen LogP contribution in [0.5, 0.6) is 0 Å². The average molecular weight is 573 g/mol. The Morgan fingerprint density at radius 3 is 1.35 bits per heavy atom. The first-order chi connectivity index (χ1) is 14.0. The smallest absolute Gasteiger partial charge is 1.00 e. The van der Waals surface area contributed by atoms with E-state index in [0.29, 0.717) is 6.25 Å². The summed E-state index contributed by atoms with van der Waals surface area (Å²) in [5.74, 6) is 0. The fourth-order valence-corrected chi connectivity index (χ4v) is 21.3. The van der Waals surface area contributed by atoms with Crippen molar-refractivity contribution in [1.82, 2.24) is 0 Å². The van der Waals surface area contributed by atoms with Crippen LogP contribution in [0.15, 0.2) is 46.8 Å². The molecule has 2 unspecified atom stereocenters. The van der Waals surface area contributed by atoms with E-state index in [-0.39, 0.29) is 24.8 Å². The van der Waals surface area contributed by atoms with E-state index in [1.54, 1.807) is 36.3 Å². The van der Waals surface area contributed by atoms with Crippen LogP contribution in [0, 0.1) is 0 Å². The summed E-state index contributed by atoms with van der Waals surface area (Å²) in [4.78, 5) is 0. The van der Waals surface area contributed by atoms with Crippen molar-refractivity contribution in [2.45, 2.75) is 109 Å². The Kier molecular flexibility index (Phi) is 10.0. The summed E-state index contributed by atoms with van der Waals surface area (Å²) < 4.78 is 0.959. The molecule has 0 bridgehead atoms. The molecule has 2 saturated heterocycles. The van der Waals surface area contributed by atoms with Crippen molar-refractivity contribution in [3.05, 3.63) is 46.8 Å². The van der Waals surface area contributed by atoms with Gasteiger partial charge in [-0.15, -0.1) is 0 Å². The summed E-state index contributed by atoms with van der Waals surface area (Å²) in [6.07, 6.45) is 25.0. The molecule has 172 valence electrons. The molecule has 0 aromatic heterocycles. The van der Waals surface area contributed by atoms with Crippen molar-refractivity contribution < 1.29 is 48.0 Å². The fraction of sp³-hybridized carbons (Fsp3) is 0.692. The van der Waals surface area contributed by atoms with Gasteiger partial charge in [-0.25, -0.2) is 0 Å².